The summed E-state index contributed by atoms with van der Waals surface area (Å²) in [5, 5.41) is 14.7. The number of hydrogen-bond donors (Lipinski definition) is 3. The van der Waals surface area contributed by atoms with Crippen molar-refractivity contribution in [2.24, 2.45) is 5.41 Å². The lowest BCUT2D eigenvalue weighted by Gasteiger charge is -2.28. The van der Waals surface area contributed by atoms with E-state index in [0.29, 0.717) is 0 Å². The van der Waals surface area contributed by atoms with Gasteiger partial charge in [-0.2, -0.15) is 0 Å². The maximum atomic E-state index is 11.8. The quantitative estimate of drug-likeness (QED) is 0.651. The van der Waals surface area contributed by atoms with Crippen molar-refractivity contribution >= 4 is 11.9 Å². The Morgan fingerprint density at radius 3 is 2.44 bits per heavy atom. The Kier molecular flexibility index (Phi) is 3.91. The van der Waals surface area contributed by atoms with Crippen molar-refractivity contribution in [2.75, 3.05) is 6.54 Å². The van der Waals surface area contributed by atoms with Crippen LogP contribution in [-0.2, 0) is 9.59 Å². The topological polar surface area (TPSA) is 78.4 Å². The zero-order valence-electron chi connectivity index (χ0n) is 10.0. The zero-order chi connectivity index (χ0) is 12.3. The van der Waals surface area contributed by atoms with Gasteiger partial charge in [-0.3, -0.25) is 4.79 Å². The number of carbonyl (C=O) groups excluding carboxylic acids is 1. The predicted octanol–water partition coefficient (Wildman–Crippen LogP) is 0.354. The Labute approximate surface area is 95.6 Å². The molecule has 0 bridgehead atoms. The molecule has 1 saturated heterocycles. The molecule has 1 heterocycles. The average Bonchev–Trinajstić information content (AvgIpc) is 2.63. The summed E-state index contributed by atoms with van der Waals surface area (Å²) in [5.41, 5.74) is -0.486. The molecule has 1 amide bonds. The Morgan fingerprint density at radius 2 is 2.06 bits per heavy atom. The van der Waals surface area contributed by atoms with Gasteiger partial charge in [0.2, 0.25) is 5.91 Å². The van der Waals surface area contributed by atoms with Crippen molar-refractivity contribution < 1.29 is 14.7 Å². The Balaban J connectivity index is 2.61. The number of carboxylic acids is 1. The highest BCUT2D eigenvalue weighted by atomic mass is 16.4. The minimum Gasteiger partial charge on any atom is -0.480 e. The first-order valence-electron chi connectivity index (χ1n) is 5.59. The number of aliphatic carboxylic acids is 1. The van der Waals surface area contributed by atoms with Crippen molar-refractivity contribution in [3.05, 3.63) is 0 Å². The molecular formula is C11H20N2O3. The molecule has 0 radical (unpaired) electrons. The fourth-order valence-corrected chi connectivity index (χ4v) is 1.80. The van der Waals surface area contributed by atoms with Crippen LogP contribution in [0.15, 0.2) is 0 Å². The molecule has 1 aliphatic heterocycles. The maximum Gasteiger partial charge on any atom is 0.326 e. The molecule has 0 spiro atoms. The van der Waals surface area contributed by atoms with Gasteiger partial charge in [0.1, 0.15) is 6.04 Å². The van der Waals surface area contributed by atoms with Crippen LogP contribution in [0.5, 0.6) is 0 Å². The molecule has 5 nitrogen and oxygen atoms in total. The molecule has 0 aromatic rings. The normalized spacial score (nSPS) is 22.8. The first-order valence-corrected chi connectivity index (χ1v) is 5.59. The lowest BCUT2D eigenvalue weighted by Crippen LogP contribution is -2.53. The van der Waals surface area contributed by atoms with E-state index in [1.165, 1.54) is 0 Å². The number of rotatable bonds is 3. The second-order valence-corrected chi connectivity index (χ2v) is 5.29. The van der Waals surface area contributed by atoms with E-state index in [9.17, 15) is 9.59 Å². The molecule has 16 heavy (non-hydrogen) atoms. The van der Waals surface area contributed by atoms with E-state index in [4.69, 9.17) is 5.11 Å². The second kappa shape index (κ2) is 4.82. The summed E-state index contributed by atoms with van der Waals surface area (Å²) in [6, 6.07) is -1.08. The highest BCUT2D eigenvalue weighted by molar-refractivity contribution is 5.87. The highest BCUT2D eigenvalue weighted by Gasteiger charge is 2.34. The molecule has 1 fully saturated rings. The Morgan fingerprint density at radius 1 is 1.44 bits per heavy atom. The minimum atomic E-state index is -0.987. The van der Waals surface area contributed by atoms with Gasteiger partial charge in [0.15, 0.2) is 0 Å². The molecule has 0 aromatic carbocycles. The maximum absolute atomic E-state index is 11.8. The number of amides is 1. The second-order valence-electron chi connectivity index (χ2n) is 5.29. The summed E-state index contributed by atoms with van der Waals surface area (Å²) in [6.45, 7) is 6.22. The molecule has 1 rings (SSSR count). The smallest absolute Gasteiger partial charge is 0.326 e. The summed E-state index contributed by atoms with van der Waals surface area (Å²) in [4.78, 5) is 22.8. The van der Waals surface area contributed by atoms with Gasteiger partial charge in [-0.05, 0) is 24.8 Å². The fourth-order valence-electron chi connectivity index (χ4n) is 1.80. The van der Waals surface area contributed by atoms with Crippen molar-refractivity contribution in [2.45, 2.75) is 45.7 Å². The summed E-state index contributed by atoms with van der Waals surface area (Å²) < 4.78 is 0. The Hall–Kier alpha value is -1.10. The number of carbonyl (C=O) groups is 2. The number of carboxylic acid groups (broad SMARTS) is 1. The standard InChI is InChI=1S/C11H20N2O3/c1-11(2,3)8(10(15)16)13-9(14)7-5-4-6-12-7/h7-8,12H,4-6H2,1-3H3,(H,13,14)(H,15,16)/t7-,8-/m1/s1. The lowest BCUT2D eigenvalue weighted by atomic mass is 9.86. The minimum absolute atomic E-state index is 0.208. The van der Waals surface area contributed by atoms with E-state index < -0.39 is 17.4 Å². The number of nitrogens with one attached hydrogen (secondary N) is 2. The third kappa shape index (κ3) is 3.20. The van der Waals surface area contributed by atoms with Gasteiger partial charge in [-0.15, -0.1) is 0 Å². The first-order chi connectivity index (χ1) is 7.32. The molecule has 5 heteroatoms. The van der Waals surface area contributed by atoms with Gasteiger partial charge in [0.25, 0.3) is 0 Å². The van der Waals surface area contributed by atoms with Crippen LogP contribution in [0.1, 0.15) is 33.6 Å². The van der Waals surface area contributed by atoms with Gasteiger partial charge in [-0.25, -0.2) is 4.79 Å². The van der Waals surface area contributed by atoms with Crippen LogP contribution in [0.4, 0.5) is 0 Å². The van der Waals surface area contributed by atoms with Gasteiger partial charge >= 0.3 is 5.97 Å². The van der Waals surface area contributed by atoms with Gasteiger partial charge in [-0.1, -0.05) is 20.8 Å². The van der Waals surface area contributed by atoms with Crippen LogP contribution in [0.2, 0.25) is 0 Å². The third-order valence-corrected chi connectivity index (χ3v) is 2.78. The van der Waals surface area contributed by atoms with Crippen molar-refractivity contribution in [1.29, 1.82) is 0 Å². The average molecular weight is 228 g/mol. The summed E-state index contributed by atoms with van der Waals surface area (Å²) in [5.74, 6) is -1.20. The predicted molar refractivity (Wildman–Crippen MR) is 60.0 cm³/mol. The van der Waals surface area contributed by atoms with Gasteiger partial charge in [0, 0.05) is 0 Å². The summed E-state index contributed by atoms with van der Waals surface area (Å²) >= 11 is 0. The van der Waals surface area contributed by atoms with E-state index in [-0.39, 0.29) is 11.9 Å². The van der Waals surface area contributed by atoms with Crippen LogP contribution in [0.3, 0.4) is 0 Å². The largest absolute Gasteiger partial charge is 0.480 e. The van der Waals surface area contributed by atoms with E-state index in [1.54, 1.807) is 20.8 Å². The summed E-state index contributed by atoms with van der Waals surface area (Å²) in [6.07, 6.45) is 1.74. The molecule has 0 unspecified atom stereocenters. The van der Waals surface area contributed by atoms with E-state index in [0.717, 1.165) is 19.4 Å². The molecule has 92 valence electrons. The van der Waals surface area contributed by atoms with Crippen LogP contribution >= 0.6 is 0 Å². The Bertz CT molecular complexity index is 277. The summed E-state index contributed by atoms with van der Waals surface area (Å²) in [7, 11) is 0. The van der Waals surface area contributed by atoms with Crippen molar-refractivity contribution in [1.82, 2.24) is 10.6 Å². The molecule has 3 N–H and O–H groups in total. The van der Waals surface area contributed by atoms with Crippen molar-refractivity contribution in [3.8, 4) is 0 Å². The van der Waals surface area contributed by atoms with E-state index >= 15 is 0 Å². The third-order valence-electron chi connectivity index (χ3n) is 2.78. The SMILES string of the molecule is CC(C)(C)[C@H](NC(=O)[C@H]1CCCN1)C(=O)O. The van der Waals surface area contributed by atoms with Crippen LogP contribution in [-0.4, -0.2) is 35.6 Å². The van der Waals surface area contributed by atoms with E-state index in [1.807, 2.05) is 0 Å². The van der Waals surface area contributed by atoms with Crippen LogP contribution in [0, 0.1) is 5.41 Å². The number of hydrogen-bond acceptors (Lipinski definition) is 3. The molecule has 1 aliphatic rings. The van der Waals surface area contributed by atoms with Crippen LogP contribution in [0.25, 0.3) is 0 Å². The monoisotopic (exact) mass is 228 g/mol. The molecule has 0 aromatic heterocycles. The molecule has 2 atom stereocenters. The van der Waals surface area contributed by atoms with Gasteiger partial charge in [0.05, 0.1) is 6.04 Å². The highest BCUT2D eigenvalue weighted by Crippen LogP contribution is 2.20. The van der Waals surface area contributed by atoms with Crippen molar-refractivity contribution in [3.63, 3.8) is 0 Å². The van der Waals surface area contributed by atoms with Crippen LogP contribution < -0.4 is 10.6 Å². The fraction of sp³-hybridized carbons (Fsp3) is 0.818. The first kappa shape index (κ1) is 13.0. The molecule has 0 saturated carbocycles. The van der Waals surface area contributed by atoms with E-state index in [2.05, 4.69) is 10.6 Å². The molecular weight excluding hydrogens is 208 g/mol. The van der Waals surface area contributed by atoms with Gasteiger partial charge < -0.3 is 15.7 Å². The molecule has 0 aliphatic carbocycles. The zero-order valence-corrected chi connectivity index (χ0v) is 10.0. The lowest BCUT2D eigenvalue weighted by molar-refractivity contribution is -0.145.